The molecule has 26 heavy (non-hydrogen) atoms. The zero-order chi connectivity index (χ0) is 19.1. The van der Waals surface area contributed by atoms with E-state index < -0.39 is 23.4 Å². The van der Waals surface area contributed by atoms with Crippen LogP contribution in [0.3, 0.4) is 0 Å². The summed E-state index contributed by atoms with van der Waals surface area (Å²) < 4.78 is 49.2. The van der Waals surface area contributed by atoms with Gasteiger partial charge >= 0.3 is 12.3 Å². The molecule has 2 unspecified atom stereocenters. The fraction of sp³-hybridized carbons (Fsp3) is 0.526. The minimum absolute atomic E-state index is 0.189. The molecule has 7 heteroatoms. The second-order valence-corrected chi connectivity index (χ2v) is 7.62. The first-order valence-electron chi connectivity index (χ1n) is 8.52. The van der Waals surface area contributed by atoms with Crippen LogP contribution in [-0.4, -0.2) is 41.9 Å². The van der Waals surface area contributed by atoms with Gasteiger partial charge in [-0.15, -0.1) is 0 Å². The van der Waals surface area contributed by atoms with E-state index in [4.69, 9.17) is 9.47 Å². The number of carbonyl (C=O) groups excluding carboxylic acids is 1. The van der Waals surface area contributed by atoms with Gasteiger partial charge in [0.25, 0.3) is 0 Å². The van der Waals surface area contributed by atoms with E-state index in [2.05, 4.69) is 0 Å². The van der Waals surface area contributed by atoms with Gasteiger partial charge in [0.1, 0.15) is 5.60 Å². The summed E-state index contributed by atoms with van der Waals surface area (Å²) in [5, 5.41) is 0. The average Bonchev–Trinajstić information content (AvgIpc) is 2.51. The van der Waals surface area contributed by atoms with Gasteiger partial charge in [-0.2, -0.15) is 13.2 Å². The summed E-state index contributed by atoms with van der Waals surface area (Å²) >= 11 is 0. The summed E-state index contributed by atoms with van der Waals surface area (Å²) in [5.41, 5.74) is 0.399. The lowest BCUT2D eigenvalue weighted by molar-refractivity contribution is -0.137. The maximum atomic E-state index is 12.7. The SMILES string of the molecule is CC(C)(C)OC(=O)N1C2C=C(c3ccc(C(F)(F)F)cc3)CC1COC2. The molecule has 1 aromatic carbocycles. The highest BCUT2D eigenvalue weighted by Crippen LogP contribution is 2.35. The van der Waals surface area contributed by atoms with Crippen LogP contribution in [-0.2, 0) is 15.7 Å². The maximum Gasteiger partial charge on any atom is 0.416 e. The summed E-state index contributed by atoms with van der Waals surface area (Å²) in [4.78, 5) is 14.2. The largest absolute Gasteiger partial charge is 0.444 e. The molecular formula is C19H22F3NO3. The zero-order valence-electron chi connectivity index (χ0n) is 15.0. The minimum Gasteiger partial charge on any atom is -0.444 e. The molecule has 4 nitrogen and oxygen atoms in total. The molecule has 2 aliphatic heterocycles. The van der Waals surface area contributed by atoms with Crippen molar-refractivity contribution in [3.8, 4) is 0 Å². The van der Waals surface area contributed by atoms with Crippen LogP contribution in [0.5, 0.6) is 0 Å². The van der Waals surface area contributed by atoms with Crippen LogP contribution >= 0.6 is 0 Å². The van der Waals surface area contributed by atoms with Crippen molar-refractivity contribution < 1.29 is 27.4 Å². The van der Waals surface area contributed by atoms with Crippen molar-refractivity contribution in [2.75, 3.05) is 13.2 Å². The maximum absolute atomic E-state index is 12.7. The lowest BCUT2D eigenvalue weighted by Crippen LogP contribution is -2.57. The Balaban J connectivity index is 1.83. The quantitative estimate of drug-likeness (QED) is 0.732. The molecule has 1 saturated heterocycles. The molecule has 2 heterocycles. The second kappa shape index (κ2) is 6.61. The van der Waals surface area contributed by atoms with E-state index in [9.17, 15) is 18.0 Å². The van der Waals surface area contributed by atoms with E-state index in [-0.39, 0.29) is 12.1 Å². The number of benzene rings is 1. The summed E-state index contributed by atoms with van der Waals surface area (Å²) in [7, 11) is 0. The number of carbonyl (C=O) groups is 1. The Morgan fingerprint density at radius 1 is 1.15 bits per heavy atom. The van der Waals surface area contributed by atoms with Crippen LogP contribution in [0.1, 0.15) is 38.3 Å². The van der Waals surface area contributed by atoms with Crippen molar-refractivity contribution in [1.82, 2.24) is 4.90 Å². The monoisotopic (exact) mass is 369 g/mol. The van der Waals surface area contributed by atoms with Gasteiger partial charge in [-0.25, -0.2) is 4.79 Å². The van der Waals surface area contributed by atoms with Crippen molar-refractivity contribution in [3.05, 3.63) is 41.5 Å². The van der Waals surface area contributed by atoms with Crippen LogP contribution in [0.15, 0.2) is 30.3 Å². The van der Waals surface area contributed by atoms with Crippen LogP contribution in [0.4, 0.5) is 18.0 Å². The zero-order valence-corrected chi connectivity index (χ0v) is 15.0. The molecule has 0 aromatic heterocycles. The Morgan fingerprint density at radius 2 is 1.81 bits per heavy atom. The fourth-order valence-corrected chi connectivity index (χ4v) is 3.28. The van der Waals surface area contributed by atoms with Gasteiger partial charge in [0.15, 0.2) is 0 Å². The number of nitrogens with zero attached hydrogens (tertiary/aromatic N) is 1. The van der Waals surface area contributed by atoms with Crippen LogP contribution in [0, 0.1) is 0 Å². The van der Waals surface area contributed by atoms with Gasteiger partial charge < -0.3 is 9.47 Å². The first-order chi connectivity index (χ1) is 12.0. The van der Waals surface area contributed by atoms with E-state index in [0.717, 1.165) is 23.3 Å². The molecule has 0 radical (unpaired) electrons. The van der Waals surface area contributed by atoms with Crippen molar-refractivity contribution in [1.29, 1.82) is 0 Å². The van der Waals surface area contributed by atoms with Gasteiger partial charge in [-0.1, -0.05) is 18.2 Å². The Labute approximate surface area is 150 Å². The average molecular weight is 369 g/mol. The second-order valence-electron chi connectivity index (χ2n) is 7.62. The number of morpholine rings is 1. The topological polar surface area (TPSA) is 38.8 Å². The number of alkyl halides is 3. The smallest absolute Gasteiger partial charge is 0.416 e. The van der Waals surface area contributed by atoms with Crippen molar-refractivity contribution in [2.45, 2.75) is 51.1 Å². The number of ether oxygens (including phenoxy) is 2. The molecule has 3 rings (SSSR count). The van der Waals surface area contributed by atoms with Gasteiger partial charge in [-0.3, -0.25) is 4.90 Å². The van der Waals surface area contributed by atoms with Crippen LogP contribution < -0.4 is 0 Å². The number of hydrogen-bond acceptors (Lipinski definition) is 3. The third-order valence-corrected chi connectivity index (χ3v) is 4.39. The normalized spacial score (nSPS) is 23.5. The Morgan fingerprint density at radius 3 is 2.35 bits per heavy atom. The highest BCUT2D eigenvalue weighted by Gasteiger charge is 2.40. The number of rotatable bonds is 1. The van der Waals surface area contributed by atoms with Crippen LogP contribution in [0.25, 0.3) is 5.57 Å². The first kappa shape index (κ1) is 18.8. The van der Waals surface area contributed by atoms with E-state index in [1.165, 1.54) is 12.1 Å². The van der Waals surface area contributed by atoms with Gasteiger partial charge in [0.05, 0.1) is 30.9 Å². The lowest BCUT2D eigenvalue weighted by atomic mass is 9.89. The third-order valence-electron chi connectivity index (χ3n) is 4.39. The minimum atomic E-state index is -4.35. The molecule has 2 bridgehead atoms. The van der Waals surface area contributed by atoms with E-state index in [1.54, 1.807) is 4.90 Å². The van der Waals surface area contributed by atoms with Crippen molar-refractivity contribution >= 4 is 11.7 Å². The molecule has 0 spiro atoms. The number of amides is 1. The first-order valence-corrected chi connectivity index (χ1v) is 8.52. The molecule has 0 saturated carbocycles. The molecule has 2 atom stereocenters. The number of halogens is 3. The van der Waals surface area contributed by atoms with E-state index in [1.807, 2.05) is 26.8 Å². The summed E-state index contributed by atoms with van der Waals surface area (Å²) in [6, 6.07) is 4.66. The molecule has 142 valence electrons. The van der Waals surface area contributed by atoms with Crippen molar-refractivity contribution in [2.24, 2.45) is 0 Å². The van der Waals surface area contributed by atoms with E-state index >= 15 is 0 Å². The molecular weight excluding hydrogens is 347 g/mol. The Hall–Kier alpha value is -2.02. The van der Waals surface area contributed by atoms with Gasteiger partial charge in [0, 0.05) is 0 Å². The fourth-order valence-electron chi connectivity index (χ4n) is 3.28. The number of hydrogen-bond donors (Lipinski definition) is 0. The standard InChI is InChI=1S/C19H22F3NO3/c1-18(2,3)26-17(24)23-15-8-13(9-16(23)11-25-10-15)12-4-6-14(7-5-12)19(20,21)22/h4-8,15-16H,9-11H2,1-3H3. The Kier molecular flexibility index (Phi) is 4.77. The van der Waals surface area contributed by atoms with Crippen LogP contribution in [0.2, 0.25) is 0 Å². The van der Waals surface area contributed by atoms with Gasteiger partial charge in [0.2, 0.25) is 0 Å². The summed E-state index contributed by atoms with van der Waals surface area (Å²) in [6.07, 6.45) is -2.33. The molecule has 0 N–H and O–H groups in total. The third kappa shape index (κ3) is 4.03. The van der Waals surface area contributed by atoms with E-state index in [0.29, 0.717) is 19.6 Å². The molecule has 1 fully saturated rings. The lowest BCUT2D eigenvalue weighted by Gasteiger charge is -2.44. The predicted molar refractivity (Wildman–Crippen MR) is 90.5 cm³/mol. The van der Waals surface area contributed by atoms with Crippen molar-refractivity contribution in [3.63, 3.8) is 0 Å². The summed E-state index contributed by atoms with van der Waals surface area (Å²) in [6.45, 7) is 6.16. The highest BCUT2D eigenvalue weighted by molar-refractivity contribution is 5.75. The highest BCUT2D eigenvalue weighted by atomic mass is 19.4. The summed E-state index contributed by atoms with van der Waals surface area (Å²) in [5.74, 6) is 0. The predicted octanol–water partition coefficient (Wildman–Crippen LogP) is 4.50. The molecule has 0 aliphatic carbocycles. The Bertz CT molecular complexity index is 704. The molecule has 2 aliphatic rings. The molecule has 1 aromatic rings. The molecule has 1 amide bonds. The number of fused-ring (bicyclic) bond motifs is 2. The van der Waals surface area contributed by atoms with Gasteiger partial charge in [-0.05, 0) is 50.5 Å².